The van der Waals surface area contributed by atoms with Crippen LogP contribution in [0.3, 0.4) is 0 Å². The molecule has 2 heterocycles. The standard InChI is InChI=1S/C15H30N2O/c1-4-16-10-15(7-9-18-13-15)12-17-8-5-6-14(2,3)11-17/h16H,4-13H2,1-3H3. The van der Waals surface area contributed by atoms with Crippen molar-refractivity contribution in [1.82, 2.24) is 10.2 Å². The number of ether oxygens (including phenoxy) is 1. The van der Waals surface area contributed by atoms with E-state index in [-0.39, 0.29) is 0 Å². The lowest BCUT2D eigenvalue weighted by Crippen LogP contribution is -2.49. The van der Waals surface area contributed by atoms with Crippen LogP contribution >= 0.6 is 0 Å². The highest BCUT2D eigenvalue weighted by molar-refractivity contribution is 4.91. The zero-order valence-electron chi connectivity index (χ0n) is 12.4. The van der Waals surface area contributed by atoms with Crippen LogP contribution in [-0.2, 0) is 4.74 Å². The molecule has 0 radical (unpaired) electrons. The van der Waals surface area contributed by atoms with Crippen molar-refractivity contribution in [1.29, 1.82) is 0 Å². The van der Waals surface area contributed by atoms with E-state index in [1.165, 1.54) is 38.9 Å². The van der Waals surface area contributed by atoms with Crippen molar-refractivity contribution in [3.8, 4) is 0 Å². The van der Waals surface area contributed by atoms with Gasteiger partial charge in [0.1, 0.15) is 0 Å². The lowest BCUT2D eigenvalue weighted by molar-refractivity contribution is 0.0586. The summed E-state index contributed by atoms with van der Waals surface area (Å²) in [7, 11) is 0. The molecule has 1 N–H and O–H groups in total. The molecule has 0 aromatic rings. The number of nitrogens with one attached hydrogen (secondary N) is 1. The van der Waals surface area contributed by atoms with Gasteiger partial charge in [-0.25, -0.2) is 0 Å². The first-order chi connectivity index (χ1) is 8.55. The fourth-order valence-corrected chi connectivity index (χ4v) is 3.51. The maximum absolute atomic E-state index is 5.68. The van der Waals surface area contributed by atoms with Gasteiger partial charge in [-0.15, -0.1) is 0 Å². The molecule has 2 fully saturated rings. The van der Waals surface area contributed by atoms with Crippen LogP contribution in [0.2, 0.25) is 0 Å². The Hall–Kier alpha value is -0.120. The fraction of sp³-hybridized carbons (Fsp3) is 1.00. The molecule has 2 aliphatic rings. The van der Waals surface area contributed by atoms with E-state index >= 15 is 0 Å². The topological polar surface area (TPSA) is 24.5 Å². The van der Waals surface area contributed by atoms with Gasteiger partial charge in [-0.2, -0.15) is 0 Å². The molecular weight excluding hydrogens is 224 g/mol. The Balaban J connectivity index is 1.92. The van der Waals surface area contributed by atoms with Crippen LogP contribution in [0, 0.1) is 10.8 Å². The average Bonchev–Trinajstić information content (AvgIpc) is 2.74. The molecule has 0 aliphatic carbocycles. The van der Waals surface area contributed by atoms with E-state index in [2.05, 4.69) is 31.0 Å². The summed E-state index contributed by atoms with van der Waals surface area (Å²) in [5.41, 5.74) is 0.862. The van der Waals surface area contributed by atoms with E-state index in [0.29, 0.717) is 10.8 Å². The van der Waals surface area contributed by atoms with Crippen LogP contribution in [0.4, 0.5) is 0 Å². The van der Waals surface area contributed by atoms with Gasteiger partial charge in [-0.05, 0) is 37.8 Å². The van der Waals surface area contributed by atoms with Gasteiger partial charge in [-0.3, -0.25) is 0 Å². The first kappa shape index (κ1) is 14.3. The molecule has 2 aliphatic heterocycles. The van der Waals surface area contributed by atoms with Crippen molar-refractivity contribution in [3.63, 3.8) is 0 Å². The molecule has 3 nitrogen and oxygen atoms in total. The van der Waals surface area contributed by atoms with Crippen molar-refractivity contribution in [3.05, 3.63) is 0 Å². The summed E-state index contributed by atoms with van der Waals surface area (Å²) < 4.78 is 5.68. The summed E-state index contributed by atoms with van der Waals surface area (Å²) in [5.74, 6) is 0. The molecule has 0 aromatic heterocycles. The minimum absolute atomic E-state index is 0.365. The van der Waals surface area contributed by atoms with Crippen LogP contribution < -0.4 is 5.32 Å². The minimum atomic E-state index is 0.365. The predicted molar refractivity (Wildman–Crippen MR) is 75.9 cm³/mol. The first-order valence-electron chi connectivity index (χ1n) is 7.56. The van der Waals surface area contributed by atoms with Crippen LogP contribution in [-0.4, -0.2) is 50.8 Å². The number of piperidine rings is 1. The molecule has 18 heavy (non-hydrogen) atoms. The zero-order valence-corrected chi connectivity index (χ0v) is 12.4. The van der Waals surface area contributed by atoms with Gasteiger partial charge in [0.2, 0.25) is 0 Å². The van der Waals surface area contributed by atoms with E-state index in [1.54, 1.807) is 0 Å². The normalized spacial score (nSPS) is 32.8. The Morgan fingerprint density at radius 3 is 2.72 bits per heavy atom. The number of likely N-dealkylation sites (tertiary alicyclic amines) is 1. The molecule has 0 bridgehead atoms. The third kappa shape index (κ3) is 3.69. The fourth-order valence-electron chi connectivity index (χ4n) is 3.51. The quantitative estimate of drug-likeness (QED) is 0.813. The number of hydrogen-bond donors (Lipinski definition) is 1. The Morgan fingerprint density at radius 1 is 1.28 bits per heavy atom. The van der Waals surface area contributed by atoms with Gasteiger partial charge in [0.25, 0.3) is 0 Å². The predicted octanol–water partition coefficient (Wildman–Crippen LogP) is 2.12. The highest BCUT2D eigenvalue weighted by Gasteiger charge is 2.38. The molecule has 0 spiro atoms. The van der Waals surface area contributed by atoms with Gasteiger partial charge in [0.15, 0.2) is 0 Å². The Labute approximate surface area is 112 Å². The summed E-state index contributed by atoms with van der Waals surface area (Å²) in [6.45, 7) is 14.8. The molecular formula is C15H30N2O. The summed E-state index contributed by atoms with van der Waals surface area (Å²) in [6.07, 6.45) is 3.95. The van der Waals surface area contributed by atoms with Crippen molar-refractivity contribution < 1.29 is 4.74 Å². The van der Waals surface area contributed by atoms with Gasteiger partial charge < -0.3 is 15.0 Å². The van der Waals surface area contributed by atoms with Crippen LogP contribution in [0.1, 0.15) is 40.0 Å². The second kappa shape index (κ2) is 5.89. The second-order valence-corrected chi connectivity index (χ2v) is 7.06. The SMILES string of the molecule is CCNCC1(CN2CCCC(C)(C)C2)CCOC1. The van der Waals surface area contributed by atoms with Gasteiger partial charge in [0.05, 0.1) is 6.61 Å². The minimum Gasteiger partial charge on any atom is -0.381 e. The molecule has 3 heteroatoms. The highest BCUT2D eigenvalue weighted by atomic mass is 16.5. The van der Waals surface area contributed by atoms with Gasteiger partial charge in [0, 0.05) is 31.7 Å². The van der Waals surface area contributed by atoms with E-state index < -0.39 is 0 Å². The second-order valence-electron chi connectivity index (χ2n) is 7.06. The molecule has 106 valence electrons. The number of hydrogen-bond acceptors (Lipinski definition) is 3. The largest absolute Gasteiger partial charge is 0.381 e. The molecule has 0 aromatic carbocycles. The van der Waals surface area contributed by atoms with Crippen molar-refractivity contribution in [2.45, 2.75) is 40.0 Å². The third-order valence-electron chi connectivity index (χ3n) is 4.47. The van der Waals surface area contributed by atoms with E-state index in [1.807, 2.05) is 0 Å². The average molecular weight is 254 g/mol. The number of nitrogens with zero attached hydrogens (tertiary/aromatic N) is 1. The monoisotopic (exact) mass is 254 g/mol. The molecule has 2 rings (SSSR count). The highest BCUT2D eigenvalue weighted by Crippen LogP contribution is 2.34. The molecule has 1 unspecified atom stereocenters. The first-order valence-corrected chi connectivity index (χ1v) is 7.56. The summed E-state index contributed by atoms with van der Waals surface area (Å²) >= 11 is 0. The van der Waals surface area contributed by atoms with Crippen molar-refractivity contribution in [2.24, 2.45) is 10.8 Å². The van der Waals surface area contributed by atoms with Crippen LogP contribution in [0.5, 0.6) is 0 Å². The molecule has 2 saturated heterocycles. The van der Waals surface area contributed by atoms with Crippen LogP contribution in [0.25, 0.3) is 0 Å². The molecule has 0 saturated carbocycles. The van der Waals surface area contributed by atoms with Gasteiger partial charge >= 0.3 is 0 Å². The zero-order chi connectivity index (χ0) is 13.1. The van der Waals surface area contributed by atoms with E-state index in [9.17, 15) is 0 Å². The third-order valence-corrected chi connectivity index (χ3v) is 4.47. The molecule has 0 amide bonds. The summed E-state index contributed by atoms with van der Waals surface area (Å²) in [4.78, 5) is 2.68. The lowest BCUT2D eigenvalue weighted by Gasteiger charge is -2.42. The maximum atomic E-state index is 5.68. The maximum Gasteiger partial charge on any atom is 0.0547 e. The van der Waals surface area contributed by atoms with Crippen molar-refractivity contribution in [2.75, 3.05) is 45.9 Å². The Bertz CT molecular complexity index is 259. The van der Waals surface area contributed by atoms with Gasteiger partial charge in [-0.1, -0.05) is 20.8 Å². The van der Waals surface area contributed by atoms with E-state index in [4.69, 9.17) is 4.74 Å². The molecule has 1 atom stereocenters. The van der Waals surface area contributed by atoms with Crippen molar-refractivity contribution >= 4 is 0 Å². The Morgan fingerprint density at radius 2 is 2.11 bits per heavy atom. The Kier molecular flexibility index (Phi) is 4.68. The number of rotatable bonds is 5. The lowest BCUT2D eigenvalue weighted by atomic mass is 9.81. The summed E-state index contributed by atoms with van der Waals surface area (Å²) in [6, 6.07) is 0. The summed E-state index contributed by atoms with van der Waals surface area (Å²) in [5, 5.41) is 3.53. The smallest absolute Gasteiger partial charge is 0.0547 e. The van der Waals surface area contributed by atoms with E-state index in [0.717, 1.165) is 26.3 Å². The van der Waals surface area contributed by atoms with Crippen LogP contribution in [0.15, 0.2) is 0 Å².